The molecular weight excluding hydrogens is 1650 g/mol. The Morgan fingerprint density at radius 2 is 0.538 bits per heavy atom. The summed E-state index contributed by atoms with van der Waals surface area (Å²) in [5.74, 6) is 3.19. The number of halogens is 1. The van der Waals surface area contributed by atoms with Crippen LogP contribution in [0.15, 0.2) is 374 Å². The van der Waals surface area contributed by atoms with Crippen LogP contribution in [0.3, 0.4) is 0 Å². The quantitative estimate of drug-likeness (QED) is 0.0221. The van der Waals surface area contributed by atoms with E-state index in [2.05, 4.69) is 250 Å². The molecule has 1 atom stereocenters. The average molecular weight is 1770 g/mol. The predicted molar refractivity (Wildman–Crippen MR) is 539 cm³/mol. The number of phenols is 3. The van der Waals surface area contributed by atoms with Gasteiger partial charge in [-0.1, -0.05) is 200 Å². The van der Waals surface area contributed by atoms with Crippen LogP contribution in [0.25, 0.3) is 0 Å². The van der Waals surface area contributed by atoms with Crippen molar-refractivity contribution < 1.29 is 48.6 Å². The van der Waals surface area contributed by atoms with Crippen molar-refractivity contribution >= 4 is 46.6 Å². The van der Waals surface area contributed by atoms with E-state index in [1.54, 1.807) is 100 Å². The summed E-state index contributed by atoms with van der Waals surface area (Å²) >= 11 is 3.49. The van der Waals surface area contributed by atoms with Gasteiger partial charge >= 0.3 is 5.97 Å². The Labute approximate surface area is 777 Å². The Balaban J connectivity index is 0.000000168. The molecule has 15 rings (SSSR count). The first-order valence-electron chi connectivity index (χ1n) is 43.6. The number of aromatic carboxylic acids is 1. The van der Waals surface area contributed by atoms with Gasteiger partial charge in [0.25, 0.3) is 0 Å². The molecule has 0 saturated carbocycles. The average Bonchev–Trinajstić information content (AvgIpc) is 0.818. The highest BCUT2D eigenvalue weighted by atomic mass is 32.2. The molecule has 15 aromatic rings. The van der Waals surface area contributed by atoms with Crippen molar-refractivity contribution in [3.63, 3.8) is 0 Å². The maximum absolute atomic E-state index is 13.8. The van der Waals surface area contributed by atoms with Gasteiger partial charge in [-0.05, 0) is 307 Å². The lowest BCUT2D eigenvalue weighted by molar-refractivity contribution is 0.0696. The van der Waals surface area contributed by atoms with Crippen LogP contribution >= 0.6 is 23.5 Å². The molecule has 130 heavy (non-hydrogen) atoms. The van der Waals surface area contributed by atoms with Gasteiger partial charge in [-0.3, -0.25) is 0 Å². The Morgan fingerprint density at radius 1 is 0.315 bits per heavy atom. The molecule has 6 N–H and O–H groups in total. The van der Waals surface area contributed by atoms with E-state index in [9.17, 15) is 24.5 Å². The predicted octanol–water partition coefficient (Wildman–Crippen LogP) is 26.4. The van der Waals surface area contributed by atoms with Crippen LogP contribution in [0.2, 0.25) is 0 Å². The van der Waals surface area contributed by atoms with Gasteiger partial charge in [0.2, 0.25) is 0 Å². The van der Waals surface area contributed by atoms with Crippen LogP contribution in [-0.4, -0.2) is 115 Å². The number of anilines is 3. The van der Waals surface area contributed by atoms with Gasteiger partial charge < -0.3 is 59.8 Å². The minimum absolute atomic E-state index is 0.0221. The Kier molecular flexibility index (Phi) is 38.1. The van der Waals surface area contributed by atoms with E-state index in [0.29, 0.717) is 17.1 Å². The molecule has 0 aliphatic heterocycles. The van der Waals surface area contributed by atoms with Crippen LogP contribution in [0, 0.1) is 12.7 Å². The van der Waals surface area contributed by atoms with E-state index in [-0.39, 0.29) is 41.2 Å². The third kappa shape index (κ3) is 27.2. The zero-order valence-electron chi connectivity index (χ0n) is 76.8. The van der Waals surface area contributed by atoms with Crippen LogP contribution in [0.5, 0.6) is 40.2 Å². The normalized spacial score (nSPS) is 10.9. The topological polar surface area (TPSA) is 171 Å². The first kappa shape index (κ1) is 98.5. The number of thioether (sulfide) groups is 2. The van der Waals surface area contributed by atoms with Crippen molar-refractivity contribution in [2.75, 3.05) is 103 Å². The van der Waals surface area contributed by atoms with Gasteiger partial charge in [-0.25, -0.2) is 9.18 Å². The number of rotatable bonds is 29. The van der Waals surface area contributed by atoms with Gasteiger partial charge in [0.1, 0.15) is 46.1 Å². The number of hydrogen-bond acceptors (Lipinski definition) is 14. The molecule has 0 spiro atoms. The van der Waals surface area contributed by atoms with E-state index in [1.165, 1.54) is 73.2 Å². The second kappa shape index (κ2) is 50.2. The first-order chi connectivity index (χ1) is 63.2. The molecule has 0 radical (unpaired) electrons. The number of carbonyl (C=O) groups is 1. The summed E-state index contributed by atoms with van der Waals surface area (Å²) in [6, 6.07) is 120. The molecule has 0 aliphatic carbocycles. The standard InChI is InChI=1S/C27H34N2O.C23H23NO2.C21H19FO2.C21H20O3.C21H20OS2.CH5N/c1-5-28(6-2)24-16-12-21(13-17-24)27(23-10-9-11-26(30)20-23)22-14-18-25(19-15-22)29(7-3)8-4;1-16-4-6-17(7-5-16)22(18-8-10-20(11-9-18)23(25)26)19-12-14-21(15-13-19)24(2)3;3*1-23-19-10-6-15(7-11-19)21(17-4-3-5-18(22)14-17)16-8-12-20(24-2)13-9-16;1-2/h9-20,27,30H,5-8H2,1-4H3;4-15,22H,1-3H3,(H,25,26);3-14,21H,1-2H3;2*3-14,21-22H,1-2H3;2H2,1H3. The summed E-state index contributed by atoms with van der Waals surface area (Å²) in [5, 5.41) is 39.1. The van der Waals surface area contributed by atoms with Crippen molar-refractivity contribution in [3.05, 3.63) is 464 Å². The molecule has 0 fully saturated rings. The van der Waals surface area contributed by atoms with Crippen molar-refractivity contribution in [2.24, 2.45) is 5.73 Å². The number of benzene rings is 15. The Hall–Kier alpha value is -13.6. The van der Waals surface area contributed by atoms with Crippen molar-refractivity contribution in [2.45, 2.75) is 74.0 Å². The van der Waals surface area contributed by atoms with Crippen molar-refractivity contribution in [1.82, 2.24) is 0 Å². The molecule has 0 aliphatic rings. The molecule has 0 aromatic heterocycles. The molecule has 1 unspecified atom stereocenters. The number of hydrogen-bond donors (Lipinski definition) is 5. The lowest BCUT2D eigenvalue weighted by atomic mass is 9.84. The van der Waals surface area contributed by atoms with E-state index >= 15 is 0 Å². The largest absolute Gasteiger partial charge is 0.508 e. The number of ether oxygens (including phenoxy) is 4. The summed E-state index contributed by atoms with van der Waals surface area (Å²) in [7, 11) is 12.1. The van der Waals surface area contributed by atoms with Crippen LogP contribution < -0.4 is 39.4 Å². The fourth-order valence-electron chi connectivity index (χ4n) is 15.9. The number of carboxylic acid groups (broad SMARTS) is 1. The lowest BCUT2D eigenvalue weighted by Crippen LogP contribution is -2.21. The number of nitrogens with zero attached hydrogens (tertiary/aromatic N) is 3. The molecule has 13 nitrogen and oxygen atoms in total. The molecule has 16 heteroatoms. The van der Waals surface area contributed by atoms with Crippen molar-refractivity contribution in [3.8, 4) is 40.2 Å². The zero-order chi connectivity index (χ0) is 93.0. The zero-order valence-corrected chi connectivity index (χ0v) is 78.4. The lowest BCUT2D eigenvalue weighted by Gasteiger charge is -2.25. The summed E-state index contributed by atoms with van der Waals surface area (Å²) in [6.45, 7) is 14.8. The van der Waals surface area contributed by atoms with Crippen LogP contribution in [-0.2, 0) is 0 Å². The van der Waals surface area contributed by atoms with E-state index in [4.69, 9.17) is 24.1 Å². The van der Waals surface area contributed by atoms with E-state index in [1.807, 2.05) is 141 Å². The summed E-state index contributed by atoms with van der Waals surface area (Å²) in [5.41, 5.74) is 26.6. The molecule has 0 amide bonds. The van der Waals surface area contributed by atoms with Gasteiger partial charge in [-0.15, -0.1) is 23.5 Å². The highest BCUT2D eigenvalue weighted by Gasteiger charge is 2.24. The van der Waals surface area contributed by atoms with Gasteiger partial charge in [0.15, 0.2) is 0 Å². The smallest absolute Gasteiger partial charge is 0.335 e. The number of aryl methyl sites for hydroxylation is 1. The third-order valence-corrected chi connectivity index (χ3v) is 24.3. The highest BCUT2D eigenvalue weighted by Crippen LogP contribution is 2.41. The minimum Gasteiger partial charge on any atom is -0.508 e. The summed E-state index contributed by atoms with van der Waals surface area (Å²) in [6.07, 6.45) is 4.17. The molecule has 15 aromatic carbocycles. The number of aromatic hydroxyl groups is 3. The minimum atomic E-state index is -0.904. The molecular formula is C114H121FN4O9S2. The summed E-state index contributed by atoms with van der Waals surface area (Å²) in [4.78, 5) is 20.4. The van der Waals surface area contributed by atoms with Gasteiger partial charge in [0, 0.05) is 96.7 Å². The number of phenolic OH excluding ortho intramolecular Hbond substituents is 3. The number of carboxylic acids is 1. The first-order valence-corrected chi connectivity index (χ1v) is 46.0. The molecule has 0 heterocycles. The second-order valence-electron chi connectivity index (χ2n) is 31.0. The maximum atomic E-state index is 13.8. The molecule has 0 bridgehead atoms. The second-order valence-corrected chi connectivity index (χ2v) is 32.8. The SMILES string of the molecule is CCN(CC)c1ccc(C(c2ccc(N(CC)CC)cc2)c2cccc(O)c2)cc1.CN.COc1ccc(C(c2ccc(OC)cc2)c2cccc(F)c2)cc1.COc1ccc(C(c2ccc(OC)cc2)c2cccc(O)c2)cc1.CSc1ccc(C(c2ccc(SC)cc2)c2cccc(O)c2)cc1.Cc1ccc(C(c2ccc(C(=O)O)cc2)c2ccc(N(C)C)cc2)cc1. The van der Waals surface area contributed by atoms with Crippen molar-refractivity contribution in [1.29, 1.82) is 0 Å². The van der Waals surface area contributed by atoms with Gasteiger partial charge in [-0.2, -0.15) is 0 Å². The van der Waals surface area contributed by atoms with Crippen LogP contribution in [0.1, 0.15) is 157 Å². The fourth-order valence-corrected chi connectivity index (χ4v) is 16.8. The molecule has 670 valence electrons. The van der Waals surface area contributed by atoms with E-state index < -0.39 is 5.97 Å². The maximum Gasteiger partial charge on any atom is 0.335 e. The third-order valence-electron chi connectivity index (χ3n) is 22.8. The van der Waals surface area contributed by atoms with E-state index in [0.717, 1.165) is 105 Å². The molecule has 0 saturated heterocycles. The summed E-state index contributed by atoms with van der Waals surface area (Å²) < 4.78 is 34.7. The fraction of sp³-hybridized carbons (Fsp3) is 0.202. The Bertz CT molecular complexity index is 5360. The van der Waals surface area contributed by atoms with Gasteiger partial charge in [0.05, 0.1) is 34.0 Å². The monoisotopic (exact) mass is 1770 g/mol. The highest BCUT2D eigenvalue weighted by molar-refractivity contribution is 7.98. The Morgan fingerprint density at radius 3 is 0.769 bits per heavy atom. The van der Waals surface area contributed by atoms with Crippen LogP contribution in [0.4, 0.5) is 21.5 Å². The number of methoxy groups -OCH3 is 4. The number of nitrogens with two attached hydrogens (primary N) is 1.